The van der Waals surface area contributed by atoms with Gasteiger partial charge in [-0.05, 0) is 110 Å². The molecule has 0 atom stereocenters. The van der Waals surface area contributed by atoms with E-state index >= 15 is 0 Å². The van der Waals surface area contributed by atoms with Gasteiger partial charge in [0.15, 0.2) is 0 Å². The molecule has 0 aromatic heterocycles. The number of hydrogen-bond acceptors (Lipinski definition) is 4. The van der Waals surface area contributed by atoms with Gasteiger partial charge in [0.05, 0.1) is 17.1 Å². The average Bonchev–Trinajstić information content (AvgIpc) is 3.36. The van der Waals surface area contributed by atoms with E-state index in [4.69, 9.17) is 9.98 Å². The number of benzene rings is 3. The summed E-state index contributed by atoms with van der Waals surface area (Å²) in [6, 6.07) is 18.5. The van der Waals surface area contributed by atoms with E-state index in [1.54, 1.807) is 12.1 Å². The van der Waals surface area contributed by atoms with Crippen molar-refractivity contribution in [3.8, 4) is 23.3 Å². The van der Waals surface area contributed by atoms with Crippen molar-refractivity contribution in [3.05, 3.63) is 82.4 Å². The fourth-order valence-corrected chi connectivity index (χ4v) is 9.53. The van der Waals surface area contributed by atoms with Crippen molar-refractivity contribution >= 4 is 22.8 Å². The Morgan fingerprint density at radius 1 is 0.394 bits per heavy atom. The molecule has 0 saturated heterocycles. The summed E-state index contributed by atoms with van der Waals surface area (Å²) < 4.78 is 0. The van der Waals surface area contributed by atoms with Crippen LogP contribution in [0.5, 0.6) is 11.5 Å². The molecule has 3 rings (SSSR count). The molecule has 0 fully saturated rings. The Morgan fingerprint density at radius 2 is 0.803 bits per heavy atom. The van der Waals surface area contributed by atoms with Crippen LogP contribution in [-0.2, 0) is 48.6 Å². The molecule has 0 aliphatic rings. The van der Waals surface area contributed by atoms with Crippen LogP contribution in [-0.4, -0.2) is 11.4 Å². The van der Waals surface area contributed by atoms with Crippen LogP contribution in [0, 0.1) is 11.8 Å². The molecule has 3 aromatic rings. The molecule has 5 heteroatoms. The van der Waals surface area contributed by atoms with Gasteiger partial charge in [0.25, 0.3) is 0 Å². The van der Waals surface area contributed by atoms with E-state index in [0.29, 0.717) is 5.56 Å². The van der Waals surface area contributed by atoms with Crippen LogP contribution < -0.4 is 10.2 Å². The van der Waals surface area contributed by atoms with E-state index in [0.717, 1.165) is 119 Å². The molecule has 0 bridgehead atoms. The number of aryl methyl sites for hydroxylation is 5. The van der Waals surface area contributed by atoms with Gasteiger partial charge in [0.1, 0.15) is 5.71 Å². The van der Waals surface area contributed by atoms with E-state index in [-0.39, 0.29) is 28.0 Å². The summed E-state index contributed by atoms with van der Waals surface area (Å²) in [4.78, 5) is 10.7. The summed E-state index contributed by atoms with van der Waals surface area (Å²) in [5, 5.41) is 22.2. The minimum Gasteiger partial charge on any atom is -0.873 e. The molecule has 400 valence electrons. The maximum atomic E-state index is 11.3. The topological polar surface area (TPSA) is 70.8 Å². The molecule has 0 heterocycles. The van der Waals surface area contributed by atoms with Gasteiger partial charge in [-0.15, -0.1) is 11.5 Å². The van der Waals surface area contributed by atoms with Gasteiger partial charge in [-0.25, -0.2) is 4.99 Å². The summed E-state index contributed by atoms with van der Waals surface area (Å²) in [6.07, 6.45) is 46.7. The molecule has 0 unspecified atom stereocenters. The molecule has 0 N–H and O–H groups in total. The molecular weight excluding hydrogens is 911 g/mol. The molecule has 0 saturated carbocycles. The van der Waals surface area contributed by atoms with E-state index in [9.17, 15) is 10.2 Å². The SMILES string of the molecule is CCCCC#CC(=Nc1ccc(CCC)c(CCC)c1)C(CCCCCCCCCCCCCCCCCCCCCCC)=Nc1ccc(CCC)c(CCC)c1.CCCCCc1cccc([O-])c1[O-].[Ni+2]. The number of hydrogen-bond donors (Lipinski definition) is 0. The maximum absolute atomic E-state index is 11.3. The van der Waals surface area contributed by atoms with Crippen molar-refractivity contribution in [3.63, 3.8) is 0 Å². The summed E-state index contributed by atoms with van der Waals surface area (Å²) in [5.74, 6) is 6.37. The molecule has 0 amide bonds. The van der Waals surface area contributed by atoms with Crippen LogP contribution in [0.15, 0.2) is 64.6 Å². The van der Waals surface area contributed by atoms with Crippen molar-refractivity contribution < 1.29 is 26.7 Å². The summed E-state index contributed by atoms with van der Waals surface area (Å²) >= 11 is 0. The van der Waals surface area contributed by atoms with Crippen LogP contribution in [0.3, 0.4) is 0 Å². The normalized spacial score (nSPS) is 11.5. The molecule has 3 aromatic carbocycles. The van der Waals surface area contributed by atoms with Crippen LogP contribution in [0.4, 0.5) is 11.4 Å². The minimum absolute atomic E-state index is 0. The predicted molar refractivity (Wildman–Crippen MR) is 306 cm³/mol. The minimum atomic E-state index is -0.381. The average molecular weight is 1020 g/mol. The van der Waals surface area contributed by atoms with E-state index in [2.05, 4.69) is 96.7 Å². The standard InChI is InChI=1S/C55H90N2.C11H16O2.Ni/c1-7-13-15-17-18-19-20-21-22-23-24-25-26-27-28-29-30-31-32-33-35-41-55(57-53-45-43-49(37-10-4)51(47-53)39-12-6)54(40-34-16-14-8-2)56-52-44-42-48(36-9-3)50(46-52)38-11-5;1-2-3-4-6-9-7-5-8-10(12)11(9)13;/h42-47H,7-33,35-39,41H2,1-6H3;5,7-8,12-13H,2-4,6H2,1H3;/q;;+2/p-2. The third-order valence-corrected chi connectivity index (χ3v) is 13.7. The van der Waals surface area contributed by atoms with Crippen molar-refractivity contribution in [2.24, 2.45) is 9.98 Å². The zero-order valence-corrected chi connectivity index (χ0v) is 47.9. The van der Waals surface area contributed by atoms with Gasteiger partial charge in [-0.2, -0.15) is 0 Å². The second kappa shape index (κ2) is 45.3. The van der Waals surface area contributed by atoms with Crippen LogP contribution in [0.2, 0.25) is 0 Å². The summed E-state index contributed by atoms with van der Waals surface area (Å²) in [7, 11) is 0. The quantitative estimate of drug-likeness (QED) is 0.0247. The molecule has 71 heavy (non-hydrogen) atoms. The number of para-hydroxylation sites is 1. The summed E-state index contributed by atoms with van der Waals surface area (Å²) in [6.45, 7) is 15.8. The number of rotatable bonds is 39. The van der Waals surface area contributed by atoms with Gasteiger partial charge >= 0.3 is 16.5 Å². The van der Waals surface area contributed by atoms with Gasteiger partial charge in [0, 0.05) is 6.42 Å². The number of aliphatic imine (C=N–C) groups is 2. The first kappa shape index (κ1) is 65.7. The van der Waals surface area contributed by atoms with Crippen LogP contribution in [0.1, 0.15) is 282 Å². The second-order valence-electron chi connectivity index (χ2n) is 20.4. The summed E-state index contributed by atoms with van der Waals surface area (Å²) in [5.41, 5.74) is 10.5. The van der Waals surface area contributed by atoms with Gasteiger partial charge in [-0.1, -0.05) is 264 Å². The zero-order valence-electron chi connectivity index (χ0n) is 46.9. The van der Waals surface area contributed by atoms with E-state index in [1.807, 2.05) is 0 Å². The van der Waals surface area contributed by atoms with Gasteiger partial charge < -0.3 is 10.2 Å². The molecular formula is C66H104N2NiO2. The monoisotopic (exact) mass is 1010 g/mol. The third-order valence-electron chi connectivity index (χ3n) is 13.7. The van der Waals surface area contributed by atoms with Crippen molar-refractivity contribution in [2.75, 3.05) is 0 Å². The van der Waals surface area contributed by atoms with Crippen molar-refractivity contribution in [1.82, 2.24) is 0 Å². The van der Waals surface area contributed by atoms with Crippen molar-refractivity contribution in [1.29, 1.82) is 0 Å². The largest absolute Gasteiger partial charge is 2.00 e. The van der Waals surface area contributed by atoms with E-state index in [1.165, 1.54) is 170 Å². The van der Waals surface area contributed by atoms with Crippen LogP contribution >= 0.6 is 0 Å². The Kier molecular flexibility index (Phi) is 41.9. The Balaban J connectivity index is 0.00000155. The van der Waals surface area contributed by atoms with Gasteiger partial charge in [-0.3, -0.25) is 4.99 Å². The molecule has 0 radical (unpaired) electrons. The van der Waals surface area contributed by atoms with E-state index < -0.39 is 0 Å². The first-order chi connectivity index (χ1) is 34.3. The molecule has 0 aliphatic heterocycles. The molecule has 4 nitrogen and oxygen atoms in total. The Morgan fingerprint density at radius 3 is 1.25 bits per heavy atom. The third kappa shape index (κ3) is 31.1. The Hall–Kier alpha value is -3.35. The van der Waals surface area contributed by atoms with Gasteiger partial charge in [0.2, 0.25) is 0 Å². The fraction of sp³-hybridized carbons (Fsp3) is 0.667. The first-order valence-corrected chi connectivity index (χ1v) is 29.7. The first-order valence-electron chi connectivity index (χ1n) is 29.7. The number of nitrogens with zero attached hydrogens (tertiary/aromatic N) is 2. The smallest absolute Gasteiger partial charge is 0.873 e. The molecule has 0 aliphatic carbocycles. The van der Waals surface area contributed by atoms with Crippen molar-refractivity contribution in [2.45, 2.75) is 286 Å². The Bertz CT molecular complexity index is 1890. The molecule has 0 spiro atoms. The second-order valence-corrected chi connectivity index (χ2v) is 20.4. The zero-order chi connectivity index (χ0) is 50.7. The fourth-order valence-electron chi connectivity index (χ4n) is 9.53. The maximum Gasteiger partial charge on any atom is 2.00 e. The predicted octanol–water partition coefficient (Wildman–Crippen LogP) is 19.7. The Labute approximate surface area is 448 Å². The number of unbranched alkanes of at least 4 members (excludes halogenated alkanes) is 24. The van der Waals surface area contributed by atoms with Crippen LogP contribution in [0.25, 0.3) is 0 Å².